The molecule has 0 aliphatic heterocycles. The zero-order chi connectivity index (χ0) is 15.4. The zero-order valence-corrected chi connectivity index (χ0v) is 12.2. The minimum absolute atomic E-state index is 0.195. The van der Waals surface area contributed by atoms with Crippen LogP contribution in [0.3, 0.4) is 0 Å². The van der Waals surface area contributed by atoms with Crippen LogP contribution in [0.25, 0.3) is 11.4 Å². The Morgan fingerprint density at radius 2 is 2.18 bits per heavy atom. The van der Waals surface area contributed by atoms with Crippen molar-refractivity contribution in [2.45, 2.75) is 13.5 Å². The normalized spacial score (nSPS) is 10.6. The van der Waals surface area contributed by atoms with Crippen LogP contribution in [0.4, 0.5) is 0 Å². The van der Waals surface area contributed by atoms with E-state index in [9.17, 15) is 4.79 Å². The van der Waals surface area contributed by atoms with Crippen LogP contribution in [0.2, 0.25) is 0 Å². The van der Waals surface area contributed by atoms with E-state index in [2.05, 4.69) is 25.6 Å². The van der Waals surface area contributed by atoms with Crippen molar-refractivity contribution in [3.8, 4) is 11.4 Å². The number of carbonyl (C=O) groups is 1. The maximum Gasteiger partial charge on any atom is 0.269 e. The Morgan fingerprint density at radius 1 is 1.27 bits per heavy atom. The third-order valence-corrected chi connectivity index (χ3v) is 3.29. The molecule has 3 aromatic heterocycles. The van der Waals surface area contributed by atoms with Crippen LogP contribution < -0.4 is 5.32 Å². The molecule has 0 aliphatic rings. The van der Waals surface area contributed by atoms with E-state index in [0.29, 0.717) is 24.5 Å². The number of amides is 1. The first-order valence-corrected chi connectivity index (χ1v) is 6.97. The number of pyridine rings is 1. The Hall–Kier alpha value is -2.96. The molecular weight excluding hydrogens is 280 g/mol. The van der Waals surface area contributed by atoms with Gasteiger partial charge < -0.3 is 5.32 Å². The van der Waals surface area contributed by atoms with Crippen LogP contribution in [0.5, 0.6) is 0 Å². The van der Waals surface area contributed by atoms with Crippen LogP contribution in [0.1, 0.15) is 16.2 Å². The molecule has 0 aliphatic carbocycles. The summed E-state index contributed by atoms with van der Waals surface area (Å²) in [5.41, 5.74) is 2.85. The van der Waals surface area contributed by atoms with Gasteiger partial charge in [0.1, 0.15) is 11.4 Å². The van der Waals surface area contributed by atoms with Gasteiger partial charge in [0.25, 0.3) is 5.91 Å². The number of aromatic amines is 1. The summed E-state index contributed by atoms with van der Waals surface area (Å²) < 4.78 is 1.84. The van der Waals surface area contributed by atoms with E-state index in [1.165, 1.54) is 0 Å². The quantitative estimate of drug-likeness (QED) is 0.745. The molecule has 3 rings (SSSR count). The SMILES string of the molecule is Cc1ccnn1CCNC(=O)c1cc(-c2ccccn2)n[nH]1. The Balaban J connectivity index is 1.59. The van der Waals surface area contributed by atoms with Gasteiger partial charge in [0.05, 0.1) is 12.2 Å². The smallest absolute Gasteiger partial charge is 0.269 e. The lowest BCUT2D eigenvalue weighted by Crippen LogP contribution is -2.28. The van der Waals surface area contributed by atoms with Gasteiger partial charge in [0.2, 0.25) is 0 Å². The number of aryl methyl sites for hydroxylation is 1. The highest BCUT2D eigenvalue weighted by molar-refractivity contribution is 5.93. The molecule has 0 radical (unpaired) electrons. The maximum absolute atomic E-state index is 12.1. The highest BCUT2D eigenvalue weighted by atomic mass is 16.1. The fourth-order valence-corrected chi connectivity index (χ4v) is 2.09. The summed E-state index contributed by atoms with van der Waals surface area (Å²) in [5.74, 6) is -0.195. The van der Waals surface area contributed by atoms with Gasteiger partial charge >= 0.3 is 0 Å². The number of carbonyl (C=O) groups excluding carboxylic acids is 1. The molecule has 0 atom stereocenters. The Labute approximate surface area is 127 Å². The van der Waals surface area contributed by atoms with Crippen molar-refractivity contribution in [3.63, 3.8) is 0 Å². The number of nitrogens with one attached hydrogen (secondary N) is 2. The third kappa shape index (κ3) is 3.03. The van der Waals surface area contributed by atoms with E-state index >= 15 is 0 Å². The van der Waals surface area contributed by atoms with Crippen LogP contribution in [0, 0.1) is 6.92 Å². The first kappa shape index (κ1) is 14.0. The zero-order valence-electron chi connectivity index (χ0n) is 12.2. The van der Waals surface area contributed by atoms with E-state index in [-0.39, 0.29) is 5.91 Å². The Kier molecular flexibility index (Phi) is 3.95. The summed E-state index contributed by atoms with van der Waals surface area (Å²) in [4.78, 5) is 16.3. The largest absolute Gasteiger partial charge is 0.349 e. The summed E-state index contributed by atoms with van der Waals surface area (Å²) in [5, 5.41) is 13.9. The second kappa shape index (κ2) is 6.21. The predicted molar refractivity (Wildman–Crippen MR) is 81.1 cm³/mol. The van der Waals surface area contributed by atoms with Gasteiger partial charge in [-0.15, -0.1) is 0 Å². The molecule has 3 heterocycles. The summed E-state index contributed by atoms with van der Waals surface area (Å²) in [7, 11) is 0. The van der Waals surface area contributed by atoms with Crippen molar-refractivity contribution >= 4 is 5.91 Å². The van der Waals surface area contributed by atoms with Crippen molar-refractivity contribution in [1.29, 1.82) is 0 Å². The lowest BCUT2D eigenvalue weighted by Gasteiger charge is -2.05. The second-order valence-corrected chi connectivity index (χ2v) is 4.83. The first-order chi connectivity index (χ1) is 10.7. The number of hydrogen-bond donors (Lipinski definition) is 2. The van der Waals surface area contributed by atoms with Crippen molar-refractivity contribution in [2.24, 2.45) is 0 Å². The van der Waals surface area contributed by atoms with Gasteiger partial charge in [0, 0.05) is 24.6 Å². The minimum atomic E-state index is -0.195. The fraction of sp³-hybridized carbons (Fsp3) is 0.200. The van der Waals surface area contributed by atoms with Gasteiger partial charge in [-0.25, -0.2) is 0 Å². The molecule has 112 valence electrons. The van der Waals surface area contributed by atoms with Gasteiger partial charge in [0.15, 0.2) is 0 Å². The Bertz CT molecular complexity index is 761. The minimum Gasteiger partial charge on any atom is -0.349 e. The highest BCUT2D eigenvalue weighted by Gasteiger charge is 2.11. The van der Waals surface area contributed by atoms with E-state index in [4.69, 9.17) is 0 Å². The number of nitrogens with zero attached hydrogens (tertiary/aromatic N) is 4. The number of aromatic nitrogens is 5. The van der Waals surface area contributed by atoms with Gasteiger partial charge in [-0.05, 0) is 31.2 Å². The van der Waals surface area contributed by atoms with Crippen molar-refractivity contribution in [1.82, 2.24) is 30.3 Å². The van der Waals surface area contributed by atoms with E-state index in [0.717, 1.165) is 11.4 Å². The van der Waals surface area contributed by atoms with Crippen LogP contribution in [-0.2, 0) is 6.54 Å². The average molecular weight is 296 g/mol. The second-order valence-electron chi connectivity index (χ2n) is 4.83. The molecule has 0 saturated carbocycles. The molecular formula is C15H16N6O. The predicted octanol–water partition coefficient (Wildman–Crippen LogP) is 1.41. The van der Waals surface area contributed by atoms with Gasteiger partial charge in [-0.3, -0.25) is 19.6 Å². The topological polar surface area (TPSA) is 88.5 Å². The van der Waals surface area contributed by atoms with Gasteiger partial charge in [-0.1, -0.05) is 6.07 Å². The number of hydrogen-bond acceptors (Lipinski definition) is 4. The lowest BCUT2D eigenvalue weighted by molar-refractivity contribution is 0.0947. The summed E-state index contributed by atoms with van der Waals surface area (Å²) in [6.07, 6.45) is 3.43. The number of H-pyrrole nitrogens is 1. The molecule has 7 nitrogen and oxygen atoms in total. The molecule has 3 aromatic rings. The third-order valence-electron chi connectivity index (χ3n) is 3.29. The molecule has 0 spiro atoms. The molecule has 0 aromatic carbocycles. The summed E-state index contributed by atoms with van der Waals surface area (Å²) in [6.45, 7) is 3.11. The van der Waals surface area contributed by atoms with E-state index in [1.54, 1.807) is 18.5 Å². The van der Waals surface area contributed by atoms with Crippen LogP contribution in [-0.4, -0.2) is 37.4 Å². The first-order valence-electron chi connectivity index (χ1n) is 6.97. The lowest BCUT2D eigenvalue weighted by atomic mass is 10.2. The molecule has 2 N–H and O–H groups in total. The van der Waals surface area contributed by atoms with Crippen LogP contribution in [0.15, 0.2) is 42.7 Å². The molecule has 0 saturated heterocycles. The molecule has 0 fully saturated rings. The molecule has 0 bridgehead atoms. The average Bonchev–Trinajstić information content (AvgIpc) is 3.18. The monoisotopic (exact) mass is 296 g/mol. The fourth-order valence-electron chi connectivity index (χ4n) is 2.09. The van der Waals surface area contributed by atoms with E-state index in [1.807, 2.05) is 35.9 Å². The van der Waals surface area contributed by atoms with E-state index < -0.39 is 0 Å². The number of rotatable bonds is 5. The van der Waals surface area contributed by atoms with Crippen molar-refractivity contribution in [2.75, 3.05) is 6.54 Å². The van der Waals surface area contributed by atoms with Crippen LogP contribution >= 0.6 is 0 Å². The maximum atomic E-state index is 12.1. The summed E-state index contributed by atoms with van der Waals surface area (Å²) in [6, 6.07) is 9.18. The van der Waals surface area contributed by atoms with Crippen molar-refractivity contribution < 1.29 is 4.79 Å². The highest BCUT2D eigenvalue weighted by Crippen LogP contribution is 2.13. The van der Waals surface area contributed by atoms with Gasteiger partial charge in [-0.2, -0.15) is 10.2 Å². The molecule has 1 amide bonds. The standard InChI is InChI=1S/C15H16N6O/c1-11-5-7-18-21(11)9-8-17-15(22)14-10-13(19-20-14)12-4-2-3-6-16-12/h2-7,10H,8-9H2,1H3,(H,17,22)(H,19,20). The molecule has 22 heavy (non-hydrogen) atoms. The Morgan fingerprint density at radius 3 is 2.91 bits per heavy atom. The molecule has 0 unspecified atom stereocenters. The summed E-state index contributed by atoms with van der Waals surface area (Å²) >= 11 is 0. The van der Waals surface area contributed by atoms with Crippen molar-refractivity contribution in [3.05, 3.63) is 54.1 Å². The molecule has 7 heteroatoms.